The summed E-state index contributed by atoms with van der Waals surface area (Å²) in [4.78, 5) is 23.6. The maximum atomic E-state index is 11.9. The predicted molar refractivity (Wildman–Crippen MR) is 120 cm³/mol. The van der Waals surface area contributed by atoms with Crippen molar-refractivity contribution < 1.29 is 23.5 Å². The smallest absolute Gasteiger partial charge is 0.338 e. The molecule has 0 saturated heterocycles. The van der Waals surface area contributed by atoms with Gasteiger partial charge in [-0.3, -0.25) is 4.79 Å². The number of carbonyl (C=O) groups excluding carboxylic acids is 2. The molecule has 1 aromatic heterocycles. The normalized spacial score (nSPS) is 10.8. The van der Waals surface area contributed by atoms with Gasteiger partial charge in [-0.1, -0.05) is 23.7 Å². The first-order valence-corrected chi connectivity index (χ1v) is 10.4. The van der Waals surface area contributed by atoms with Crippen molar-refractivity contribution in [2.75, 3.05) is 13.2 Å². The number of benzene rings is 2. The number of hydrogen-bond acceptors (Lipinski definition) is 6. The third-order valence-corrected chi connectivity index (χ3v) is 4.80. The summed E-state index contributed by atoms with van der Waals surface area (Å²) < 4.78 is 16.7. The molecule has 0 radical (unpaired) electrons. The van der Waals surface area contributed by atoms with Crippen molar-refractivity contribution in [1.29, 1.82) is 0 Å². The lowest BCUT2D eigenvalue weighted by Crippen LogP contribution is -2.24. The van der Waals surface area contributed by atoms with Crippen LogP contribution in [0.15, 0.2) is 68.6 Å². The first-order valence-electron chi connectivity index (χ1n) is 9.23. The zero-order valence-electron chi connectivity index (χ0n) is 16.4. The Bertz CT molecular complexity index is 1100. The van der Waals surface area contributed by atoms with Gasteiger partial charge < -0.3 is 13.9 Å². The maximum Gasteiger partial charge on any atom is 0.338 e. The van der Waals surface area contributed by atoms with Gasteiger partial charge in [-0.05, 0) is 65.3 Å². The van der Waals surface area contributed by atoms with Gasteiger partial charge in [0, 0.05) is 10.6 Å². The standard InChI is InChI=1S/C22H18BrClN2O5/c1-2-29-22(28)15-5-3-14(4-6-15)19-10-8-17(31-19)12-25-26-21(27)13-30-20-9-7-16(24)11-18(20)23/h3-12H,2,13H2,1H3,(H,26,27)/b25-12-. The third kappa shape index (κ3) is 6.44. The number of esters is 1. The van der Waals surface area contributed by atoms with Crippen molar-refractivity contribution in [3.05, 3.63) is 75.4 Å². The molecular weight excluding hydrogens is 488 g/mol. The number of furan rings is 1. The molecule has 9 heteroatoms. The van der Waals surface area contributed by atoms with E-state index in [2.05, 4.69) is 26.5 Å². The molecule has 1 N–H and O–H groups in total. The number of amides is 1. The minimum atomic E-state index is -0.431. The van der Waals surface area contributed by atoms with Crippen LogP contribution in [0.5, 0.6) is 5.75 Å². The first-order chi connectivity index (χ1) is 15.0. The average Bonchev–Trinajstić information content (AvgIpc) is 3.22. The SMILES string of the molecule is CCOC(=O)c1ccc(-c2ccc(/C=N\NC(=O)COc3ccc(Cl)cc3Br)o2)cc1. The second-order valence-electron chi connectivity index (χ2n) is 6.16. The molecule has 7 nitrogen and oxygen atoms in total. The lowest BCUT2D eigenvalue weighted by Gasteiger charge is -2.07. The van der Waals surface area contributed by atoms with Gasteiger partial charge in [0.15, 0.2) is 6.61 Å². The molecule has 1 amide bonds. The highest BCUT2D eigenvalue weighted by molar-refractivity contribution is 9.10. The Morgan fingerprint density at radius 2 is 1.94 bits per heavy atom. The highest BCUT2D eigenvalue weighted by Gasteiger charge is 2.09. The van der Waals surface area contributed by atoms with Crippen LogP contribution in [0.2, 0.25) is 5.02 Å². The van der Waals surface area contributed by atoms with Crippen LogP contribution in [-0.4, -0.2) is 31.3 Å². The van der Waals surface area contributed by atoms with Crippen molar-refractivity contribution in [3.63, 3.8) is 0 Å². The first kappa shape index (κ1) is 22.6. The minimum absolute atomic E-state index is 0.214. The monoisotopic (exact) mass is 504 g/mol. The molecule has 2 aromatic carbocycles. The highest BCUT2D eigenvalue weighted by Crippen LogP contribution is 2.27. The summed E-state index contributed by atoms with van der Waals surface area (Å²) in [6, 6.07) is 15.3. The molecule has 0 aliphatic carbocycles. The van der Waals surface area contributed by atoms with E-state index < -0.39 is 5.91 Å². The van der Waals surface area contributed by atoms with E-state index >= 15 is 0 Å². The van der Waals surface area contributed by atoms with Crippen molar-refractivity contribution >= 4 is 45.6 Å². The fourth-order valence-corrected chi connectivity index (χ4v) is 3.30. The largest absolute Gasteiger partial charge is 0.483 e. The molecule has 160 valence electrons. The van der Waals surface area contributed by atoms with Gasteiger partial charge in [-0.2, -0.15) is 5.10 Å². The molecule has 0 bridgehead atoms. The second kappa shape index (κ2) is 10.8. The molecule has 0 aliphatic rings. The van der Waals surface area contributed by atoms with Crippen molar-refractivity contribution in [2.24, 2.45) is 5.10 Å². The number of halogens is 2. The number of rotatable bonds is 8. The summed E-state index contributed by atoms with van der Waals surface area (Å²) in [6.07, 6.45) is 1.38. The average molecular weight is 506 g/mol. The molecule has 0 saturated carbocycles. The molecule has 3 rings (SSSR count). The van der Waals surface area contributed by atoms with Crippen LogP contribution < -0.4 is 10.2 Å². The number of hydrazone groups is 1. The highest BCUT2D eigenvalue weighted by atomic mass is 79.9. The number of nitrogens with one attached hydrogen (secondary N) is 1. The number of ether oxygens (including phenoxy) is 2. The van der Waals surface area contributed by atoms with E-state index in [9.17, 15) is 9.59 Å². The molecule has 1 heterocycles. The van der Waals surface area contributed by atoms with Crippen molar-refractivity contribution in [2.45, 2.75) is 6.92 Å². The molecule has 0 spiro atoms. The van der Waals surface area contributed by atoms with Crippen molar-refractivity contribution in [3.8, 4) is 17.1 Å². The van der Waals surface area contributed by atoms with Crippen LogP contribution in [0.3, 0.4) is 0 Å². The molecule has 3 aromatic rings. The van der Waals surface area contributed by atoms with Gasteiger partial charge in [0.05, 0.1) is 22.9 Å². The van der Waals surface area contributed by atoms with Crippen LogP contribution in [0.4, 0.5) is 0 Å². The third-order valence-electron chi connectivity index (χ3n) is 3.94. The Morgan fingerprint density at radius 1 is 1.16 bits per heavy atom. The van der Waals surface area contributed by atoms with E-state index in [1.54, 1.807) is 61.5 Å². The van der Waals surface area contributed by atoms with Crippen LogP contribution in [0.25, 0.3) is 11.3 Å². The predicted octanol–water partition coefficient (Wildman–Crippen LogP) is 5.07. The Morgan fingerprint density at radius 3 is 2.65 bits per heavy atom. The van der Waals surface area contributed by atoms with Gasteiger partial charge in [0.1, 0.15) is 17.3 Å². The van der Waals surface area contributed by atoms with Crippen LogP contribution in [0, 0.1) is 0 Å². The van der Waals surface area contributed by atoms with Crippen LogP contribution in [0.1, 0.15) is 23.0 Å². The van der Waals surface area contributed by atoms with Crippen molar-refractivity contribution in [1.82, 2.24) is 5.43 Å². The van der Waals surface area contributed by atoms with Crippen LogP contribution >= 0.6 is 27.5 Å². The van der Waals surface area contributed by atoms with E-state index in [0.29, 0.717) is 38.9 Å². The quantitative estimate of drug-likeness (QED) is 0.262. The molecule has 0 unspecified atom stereocenters. The number of carbonyl (C=O) groups is 2. The van der Waals surface area contributed by atoms with E-state index in [4.69, 9.17) is 25.5 Å². The summed E-state index contributed by atoms with van der Waals surface area (Å²) in [5.74, 6) is 0.738. The Balaban J connectivity index is 1.52. The number of nitrogens with zero attached hydrogens (tertiary/aromatic N) is 1. The summed E-state index contributed by atoms with van der Waals surface area (Å²) in [5, 5.41) is 4.42. The summed E-state index contributed by atoms with van der Waals surface area (Å²) in [7, 11) is 0. The lowest BCUT2D eigenvalue weighted by atomic mass is 10.1. The minimum Gasteiger partial charge on any atom is -0.483 e. The van der Waals surface area contributed by atoms with Gasteiger partial charge in [-0.25, -0.2) is 10.2 Å². The maximum absolute atomic E-state index is 11.9. The van der Waals surface area contributed by atoms with Crippen LogP contribution in [-0.2, 0) is 9.53 Å². The van der Waals surface area contributed by atoms with Gasteiger partial charge in [0.2, 0.25) is 0 Å². The second-order valence-corrected chi connectivity index (χ2v) is 7.45. The topological polar surface area (TPSA) is 90.1 Å². The van der Waals surface area contributed by atoms with E-state index in [0.717, 1.165) is 5.56 Å². The fraction of sp³-hybridized carbons (Fsp3) is 0.136. The van der Waals surface area contributed by atoms with Gasteiger partial charge in [-0.15, -0.1) is 0 Å². The molecule has 0 fully saturated rings. The van der Waals surface area contributed by atoms with Gasteiger partial charge in [0.25, 0.3) is 5.91 Å². The summed E-state index contributed by atoms with van der Waals surface area (Å²) in [5.41, 5.74) is 3.62. The summed E-state index contributed by atoms with van der Waals surface area (Å²) >= 11 is 9.18. The van der Waals surface area contributed by atoms with E-state index in [-0.39, 0.29) is 12.6 Å². The molecule has 0 atom stereocenters. The Hall–Kier alpha value is -3.10. The fourth-order valence-electron chi connectivity index (χ4n) is 2.50. The zero-order chi connectivity index (χ0) is 22.2. The molecule has 0 aliphatic heterocycles. The zero-order valence-corrected chi connectivity index (χ0v) is 18.8. The Labute approximate surface area is 192 Å². The Kier molecular flexibility index (Phi) is 7.86. The van der Waals surface area contributed by atoms with E-state index in [1.165, 1.54) is 6.21 Å². The molecule has 31 heavy (non-hydrogen) atoms. The molecular formula is C22H18BrClN2O5. The number of hydrogen-bond donors (Lipinski definition) is 1. The van der Waals surface area contributed by atoms with Gasteiger partial charge >= 0.3 is 5.97 Å². The lowest BCUT2D eigenvalue weighted by molar-refractivity contribution is -0.123. The van der Waals surface area contributed by atoms with E-state index in [1.807, 2.05) is 0 Å². The summed E-state index contributed by atoms with van der Waals surface area (Å²) in [6.45, 7) is 1.86.